The van der Waals surface area contributed by atoms with Gasteiger partial charge in [0.05, 0.1) is 24.7 Å². The van der Waals surface area contributed by atoms with Crippen molar-refractivity contribution in [1.82, 2.24) is 4.72 Å². The van der Waals surface area contributed by atoms with E-state index in [0.29, 0.717) is 18.8 Å². The molecule has 8 heteroatoms. The van der Waals surface area contributed by atoms with Crippen LogP contribution in [0.4, 0.5) is 0 Å². The van der Waals surface area contributed by atoms with E-state index < -0.39 is 33.1 Å². The molecule has 1 aliphatic rings. The van der Waals surface area contributed by atoms with Crippen molar-refractivity contribution in [2.24, 2.45) is 11.3 Å². The van der Waals surface area contributed by atoms with E-state index in [1.165, 1.54) is 7.11 Å². The summed E-state index contributed by atoms with van der Waals surface area (Å²) in [5.41, 5.74) is -1.04. The maximum atomic E-state index is 11.8. The normalized spacial score (nSPS) is 26.3. The van der Waals surface area contributed by atoms with Gasteiger partial charge in [-0.05, 0) is 31.6 Å². The number of hydrogen-bond acceptors (Lipinski definition) is 5. The topological polar surface area (TPSA) is 110 Å². The fourth-order valence-corrected chi connectivity index (χ4v) is 3.50. The van der Waals surface area contributed by atoms with Gasteiger partial charge in [-0.2, -0.15) is 0 Å². The summed E-state index contributed by atoms with van der Waals surface area (Å²) in [7, 11) is -2.50. The van der Waals surface area contributed by atoms with Crippen LogP contribution in [0, 0.1) is 11.3 Å². The lowest BCUT2D eigenvalue weighted by Gasteiger charge is -2.35. The molecule has 7 nitrogen and oxygen atoms in total. The summed E-state index contributed by atoms with van der Waals surface area (Å²) < 4.78 is 30.3. The molecule has 0 aromatic carbocycles. The molecule has 0 atom stereocenters. The van der Waals surface area contributed by atoms with E-state index in [1.54, 1.807) is 0 Å². The molecule has 0 radical (unpaired) electrons. The van der Waals surface area contributed by atoms with Gasteiger partial charge in [-0.15, -0.1) is 0 Å². The van der Waals surface area contributed by atoms with Crippen molar-refractivity contribution in [2.45, 2.75) is 39.0 Å². The minimum Gasteiger partial charge on any atom is -0.481 e. The van der Waals surface area contributed by atoms with Crippen LogP contribution in [0.1, 0.15) is 39.0 Å². The fourth-order valence-electron chi connectivity index (χ4n) is 2.42. The average molecular weight is 321 g/mol. The summed E-state index contributed by atoms with van der Waals surface area (Å²) in [4.78, 5) is 22.5. The van der Waals surface area contributed by atoms with E-state index in [2.05, 4.69) is 16.4 Å². The Morgan fingerprint density at radius 3 is 2.38 bits per heavy atom. The second-order valence-electron chi connectivity index (χ2n) is 5.73. The summed E-state index contributed by atoms with van der Waals surface area (Å²) in [5, 5.41) is 9.42. The Kier molecular flexibility index (Phi) is 6.15. The molecule has 0 heterocycles. The zero-order valence-corrected chi connectivity index (χ0v) is 13.2. The Morgan fingerprint density at radius 2 is 1.90 bits per heavy atom. The summed E-state index contributed by atoms with van der Waals surface area (Å²) in [5.74, 6) is -1.51. The second-order valence-corrected chi connectivity index (χ2v) is 7.66. The molecular formula is C13H23NO6S. The molecule has 0 unspecified atom stereocenters. The Labute approximate surface area is 125 Å². The van der Waals surface area contributed by atoms with Gasteiger partial charge < -0.3 is 9.84 Å². The van der Waals surface area contributed by atoms with Crippen molar-refractivity contribution in [3.8, 4) is 0 Å². The number of methoxy groups -OCH3 is 1. The number of esters is 1. The first-order valence-corrected chi connectivity index (χ1v) is 8.63. The number of sulfonamides is 1. The van der Waals surface area contributed by atoms with Crippen LogP contribution in [0.5, 0.6) is 0 Å². The third-order valence-electron chi connectivity index (χ3n) is 4.12. The van der Waals surface area contributed by atoms with Crippen LogP contribution in [-0.4, -0.2) is 44.9 Å². The number of hydrogen-bond donors (Lipinski definition) is 2. The van der Waals surface area contributed by atoms with Crippen molar-refractivity contribution >= 4 is 22.0 Å². The molecule has 1 fully saturated rings. The van der Waals surface area contributed by atoms with Gasteiger partial charge in [0.15, 0.2) is 0 Å². The van der Waals surface area contributed by atoms with Crippen LogP contribution >= 0.6 is 0 Å². The molecule has 0 aliphatic heterocycles. The number of carboxylic acid groups (broad SMARTS) is 1. The van der Waals surface area contributed by atoms with Gasteiger partial charge in [-0.1, -0.05) is 6.92 Å². The highest BCUT2D eigenvalue weighted by molar-refractivity contribution is 7.89. The maximum absolute atomic E-state index is 11.8. The van der Waals surface area contributed by atoms with E-state index in [1.807, 2.05) is 0 Å². The van der Waals surface area contributed by atoms with E-state index in [9.17, 15) is 23.1 Å². The molecule has 21 heavy (non-hydrogen) atoms. The monoisotopic (exact) mass is 321 g/mol. The number of ether oxygens (including phenoxy) is 1. The van der Waals surface area contributed by atoms with Gasteiger partial charge in [-0.3, -0.25) is 9.59 Å². The minimum atomic E-state index is -3.69. The second kappa shape index (κ2) is 7.22. The number of aliphatic carboxylic acids is 1. The highest BCUT2D eigenvalue weighted by Gasteiger charge is 2.41. The molecule has 0 aromatic rings. The zero-order chi connectivity index (χ0) is 16.1. The van der Waals surface area contributed by atoms with Crippen molar-refractivity contribution < 1.29 is 27.9 Å². The lowest BCUT2D eigenvalue weighted by Crippen LogP contribution is -2.45. The summed E-state index contributed by atoms with van der Waals surface area (Å²) >= 11 is 0. The molecule has 1 rings (SSSR count). The van der Waals surface area contributed by atoms with Crippen LogP contribution < -0.4 is 4.72 Å². The molecule has 0 saturated heterocycles. The number of carbonyl (C=O) groups is 2. The van der Waals surface area contributed by atoms with Gasteiger partial charge in [0.25, 0.3) is 0 Å². The van der Waals surface area contributed by atoms with Crippen LogP contribution in [-0.2, 0) is 24.3 Å². The van der Waals surface area contributed by atoms with Gasteiger partial charge in [0.2, 0.25) is 10.0 Å². The number of rotatable bonds is 7. The SMILES string of the molecule is COC(=O)CCS(=O)(=O)NCC1(C(=O)O)CCC(C)CC1. The molecule has 1 aliphatic carbocycles. The van der Waals surface area contributed by atoms with Crippen molar-refractivity contribution in [3.63, 3.8) is 0 Å². The third kappa shape index (κ3) is 5.28. The average Bonchev–Trinajstić information content (AvgIpc) is 2.44. The Bertz CT molecular complexity index is 479. The standard InChI is InChI=1S/C13H23NO6S/c1-10-3-6-13(7-4-10,12(16)17)9-14-21(18,19)8-5-11(15)20-2/h10,14H,3-9H2,1-2H3,(H,16,17). The lowest BCUT2D eigenvalue weighted by molar-refractivity contribution is -0.151. The molecule has 0 bridgehead atoms. The van der Waals surface area contributed by atoms with Crippen molar-refractivity contribution in [2.75, 3.05) is 19.4 Å². The van der Waals surface area contributed by atoms with Gasteiger partial charge >= 0.3 is 11.9 Å². The van der Waals surface area contributed by atoms with Crippen LogP contribution in [0.3, 0.4) is 0 Å². The third-order valence-corrected chi connectivity index (χ3v) is 5.44. The summed E-state index contributed by atoms with van der Waals surface area (Å²) in [6, 6.07) is 0. The van der Waals surface area contributed by atoms with E-state index in [-0.39, 0.29) is 13.0 Å². The lowest BCUT2D eigenvalue weighted by atomic mass is 9.71. The van der Waals surface area contributed by atoms with Crippen LogP contribution in [0.2, 0.25) is 0 Å². The Morgan fingerprint density at radius 1 is 1.33 bits per heavy atom. The summed E-state index contributed by atoms with van der Waals surface area (Å²) in [6.45, 7) is 1.94. The number of carbonyl (C=O) groups excluding carboxylic acids is 1. The molecule has 122 valence electrons. The predicted molar refractivity (Wildman–Crippen MR) is 76.1 cm³/mol. The maximum Gasteiger partial charge on any atom is 0.310 e. The zero-order valence-electron chi connectivity index (χ0n) is 12.4. The summed E-state index contributed by atoms with van der Waals surface area (Å²) in [6.07, 6.45) is 2.22. The Hall–Kier alpha value is -1.15. The van der Waals surface area contributed by atoms with Crippen molar-refractivity contribution in [1.29, 1.82) is 0 Å². The number of nitrogens with one attached hydrogen (secondary N) is 1. The first-order valence-electron chi connectivity index (χ1n) is 6.98. The van der Waals surface area contributed by atoms with Gasteiger partial charge in [0.1, 0.15) is 0 Å². The number of carboxylic acids is 1. The fraction of sp³-hybridized carbons (Fsp3) is 0.846. The molecule has 0 spiro atoms. The minimum absolute atomic E-state index is 0.126. The van der Waals surface area contributed by atoms with Crippen molar-refractivity contribution in [3.05, 3.63) is 0 Å². The van der Waals surface area contributed by atoms with Gasteiger partial charge in [0, 0.05) is 6.54 Å². The largest absolute Gasteiger partial charge is 0.481 e. The first kappa shape index (κ1) is 17.9. The molecule has 0 aromatic heterocycles. The smallest absolute Gasteiger partial charge is 0.310 e. The highest BCUT2D eigenvalue weighted by atomic mass is 32.2. The molecule has 0 amide bonds. The molecule has 2 N–H and O–H groups in total. The quantitative estimate of drug-likeness (QED) is 0.670. The van der Waals surface area contributed by atoms with E-state index >= 15 is 0 Å². The molecule has 1 saturated carbocycles. The van der Waals surface area contributed by atoms with Crippen LogP contribution in [0.15, 0.2) is 0 Å². The van der Waals surface area contributed by atoms with E-state index in [4.69, 9.17) is 0 Å². The van der Waals surface area contributed by atoms with Gasteiger partial charge in [-0.25, -0.2) is 13.1 Å². The predicted octanol–water partition coefficient (Wildman–Crippen LogP) is 0.750. The molecular weight excluding hydrogens is 298 g/mol. The first-order chi connectivity index (χ1) is 9.71. The van der Waals surface area contributed by atoms with Crippen LogP contribution in [0.25, 0.3) is 0 Å². The van der Waals surface area contributed by atoms with E-state index in [0.717, 1.165) is 12.8 Å². The Balaban J connectivity index is 2.61. The highest BCUT2D eigenvalue weighted by Crippen LogP contribution is 2.38.